The number of carbonyl (C=O) groups excluding carboxylic acids is 2. The summed E-state index contributed by atoms with van der Waals surface area (Å²) >= 11 is 0. The standard InChI is InChI=1S/C10H14N2O2/c1-11-7-9(13)12(10(11)14)6-8-4-2-3-5-8/h2,4,8H,3,5-7H2,1H3. The van der Waals surface area contributed by atoms with Crippen LogP contribution in [0.4, 0.5) is 4.79 Å². The van der Waals surface area contributed by atoms with Gasteiger partial charge < -0.3 is 4.90 Å². The first kappa shape index (κ1) is 9.24. The van der Waals surface area contributed by atoms with Gasteiger partial charge in [0.05, 0.1) is 0 Å². The fraction of sp³-hybridized carbons (Fsp3) is 0.600. The molecule has 4 heteroatoms. The monoisotopic (exact) mass is 194 g/mol. The van der Waals surface area contributed by atoms with Crippen LogP contribution < -0.4 is 0 Å². The van der Waals surface area contributed by atoms with E-state index in [1.165, 1.54) is 9.80 Å². The average molecular weight is 194 g/mol. The molecule has 1 unspecified atom stereocenters. The Kier molecular flexibility index (Phi) is 2.27. The van der Waals surface area contributed by atoms with Gasteiger partial charge >= 0.3 is 6.03 Å². The summed E-state index contributed by atoms with van der Waals surface area (Å²) in [6.45, 7) is 0.785. The van der Waals surface area contributed by atoms with Crippen molar-refractivity contribution < 1.29 is 9.59 Å². The van der Waals surface area contributed by atoms with E-state index in [9.17, 15) is 9.59 Å². The lowest BCUT2D eigenvalue weighted by molar-refractivity contribution is -0.125. The van der Waals surface area contributed by atoms with Gasteiger partial charge in [-0.1, -0.05) is 12.2 Å². The Morgan fingerprint density at radius 3 is 2.79 bits per heavy atom. The first-order valence-corrected chi connectivity index (χ1v) is 4.90. The van der Waals surface area contributed by atoms with E-state index < -0.39 is 0 Å². The summed E-state index contributed by atoms with van der Waals surface area (Å²) in [4.78, 5) is 25.8. The van der Waals surface area contributed by atoms with Crippen LogP contribution in [-0.2, 0) is 4.79 Å². The van der Waals surface area contributed by atoms with Crippen LogP contribution in [0, 0.1) is 5.92 Å². The molecule has 0 bridgehead atoms. The van der Waals surface area contributed by atoms with Crippen molar-refractivity contribution in [3.8, 4) is 0 Å². The van der Waals surface area contributed by atoms with Crippen LogP contribution in [0.1, 0.15) is 12.8 Å². The number of hydrogen-bond acceptors (Lipinski definition) is 2. The minimum atomic E-state index is -0.157. The molecule has 1 fully saturated rings. The highest BCUT2D eigenvalue weighted by molar-refractivity contribution is 6.01. The molecule has 0 N–H and O–H groups in total. The van der Waals surface area contributed by atoms with Crippen LogP contribution in [0.5, 0.6) is 0 Å². The topological polar surface area (TPSA) is 40.6 Å². The SMILES string of the molecule is CN1CC(=O)N(CC2C=CCC2)C1=O. The molecule has 1 aliphatic heterocycles. The van der Waals surface area contributed by atoms with Crippen molar-refractivity contribution in [3.05, 3.63) is 12.2 Å². The molecule has 0 radical (unpaired) electrons. The molecule has 1 aliphatic carbocycles. The van der Waals surface area contributed by atoms with Gasteiger partial charge in [-0.2, -0.15) is 0 Å². The molecule has 4 nitrogen and oxygen atoms in total. The third-order valence-corrected chi connectivity index (χ3v) is 2.76. The predicted octanol–water partition coefficient (Wildman–Crippen LogP) is 0.847. The van der Waals surface area contributed by atoms with Gasteiger partial charge in [-0.05, 0) is 18.8 Å². The first-order chi connectivity index (χ1) is 6.68. The van der Waals surface area contributed by atoms with Gasteiger partial charge in [0.15, 0.2) is 0 Å². The largest absolute Gasteiger partial charge is 0.326 e. The number of rotatable bonds is 2. The van der Waals surface area contributed by atoms with Crippen LogP contribution >= 0.6 is 0 Å². The smallest absolute Gasteiger partial charge is 0.318 e. The molecule has 0 aromatic heterocycles. The second-order valence-corrected chi connectivity index (χ2v) is 3.91. The molecule has 2 aliphatic rings. The quantitative estimate of drug-likeness (QED) is 0.483. The number of nitrogens with zero attached hydrogens (tertiary/aromatic N) is 2. The van der Waals surface area contributed by atoms with E-state index in [1.54, 1.807) is 7.05 Å². The zero-order valence-corrected chi connectivity index (χ0v) is 8.27. The molecule has 0 aromatic carbocycles. The molecule has 14 heavy (non-hydrogen) atoms. The van der Waals surface area contributed by atoms with Gasteiger partial charge in [-0.3, -0.25) is 9.69 Å². The Morgan fingerprint density at radius 1 is 1.50 bits per heavy atom. The van der Waals surface area contributed by atoms with E-state index in [4.69, 9.17) is 0 Å². The third-order valence-electron chi connectivity index (χ3n) is 2.76. The summed E-state index contributed by atoms with van der Waals surface area (Å²) in [7, 11) is 1.66. The summed E-state index contributed by atoms with van der Waals surface area (Å²) in [5.74, 6) is 0.298. The van der Waals surface area contributed by atoms with Crippen molar-refractivity contribution in [2.75, 3.05) is 20.1 Å². The molecule has 1 heterocycles. The highest BCUT2D eigenvalue weighted by Crippen LogP contribution is 2.20. The van der Waals surface area contributed by atoms with Crippen molar-refractivity contribution in [1.29, 1.82) is 0 Å². The fourth-order valence-corrected chi connectivity index (χ4v) is 1.93. The number of amides is 3. The molecule has 0 spiro atoms. The lowest BCUT2D eigenvalue weighted by Crippen LogP contribution is -2.35. The average Bonchev–Trinajstić information content (AvgIpc) is 2.71. The van der Waals surface area contributed by atoms with Crippen LogP contribution in [-0.4, -0.2) is 41.9 Å². The van der Waals surface area contributed by atoms with Crippen molar-refractivity contribution >= 4 is 11.9 Å². The molecule has 1 saturated heterocycles. The second-order valence-electron chi connectivity index (χ2n) is 3.91. The van der Waals surface area contributed by atoms with Gasteiger partial charge in [-0.15, -0.1) is 0 Å². The van der Waals surface area contributed by atoms with E-state index in [1.807, 2.05) is 0 Å². The fourth-order valence-electron chi connectivity index (χ4n) is 1.93. The molecule has 0 aromatic rings. The van der Waals surface area contributed by atoms with E-state index in [0.29, 0.717) is 12.5 Å². The van der Waals surface area contributed by atoms with E-state index in [2.05, 4.69) is 12.2 Å². The number of urea groups is 1. The Labute approximate surface area is 83.2 Å². The van der Waals surface area contributed by atoms with Gasteiger partial charge in [0.25, 0.3) is 0 Å². The second kappa shape index (κ2) is 3.44. The Hall–Kier alpha value is -1.32. The summed E-state index contributed by atoms with van der Waals surface area (Å²) < 4.78 is 0. The maximum absolute atomic E-state index is 11.5. The Bertz CT molecular complexity index is 298. The van der Waals surface area contributed by atoms with Crippen molar-refractivity contribution in [2.24, 2.45) is 5.92 Å². The number of likely N-dealkylation sites (N-methyl/N-ethyl adjacent to an activating group) is 1. The lowest BCUT2D eigenvalue weighted by Gasteiger charge is -2.17. The summed E-state index contributed by atoms with van der Waals surface area (Å²) in [6, 6.07) is -0.157. The van der Waals surface area contributed by atoms with E-state index in [-0.39, 0.29) is 18.5 Å². The number of allylic oxidation sites excluding steroid dienone is 1. The zero-order chi connectivity index (χ0) is 10.1. The maximum atomic E-state index is 11.5. The summed E-state index contributed by atoms with van der Waals surface area (Å²) in [6.07, 6.45) is 6.33. The van der Waals surface area contributed by atoms with Gasteiger partial charge in [0.1, 0.15) is 6.54 Å². The molecule has 76 valence electrons. The van der Waals surface area contributed by atoms with E-state index in [0.717, 1.165) is 12.8 Å². The Morgan fingerprint density at radius 2 is 2.29 bits per heavy atom. The highest BCUT2D eigenvalue weighted by Gasteiger charge is 2.34. The highest BCUT2D eigenvalue weighted by atomic mass is 16.2. The van der Waals surface area contributed by atoms with Gasteiger partial charge in [0, 0.05) is 13.6 Å². The molecule has 1 atom stereocenters. The molecular formula is C10H14N2O2. The minimum absolute atomic E-state index is 0.0715. The molecule has 3 amide bonds. The van der Waals surface area contributed by atoms with Gasteiger partial charge in [-0.25, -0.2) is 4.79 Å². The Balaban J connectivity index is 2.00. The molecule has 2 rings (SSSR count). The van der Waals surface area contributed by atoms with Crippen molar-refractivity contribution in [1.82, 2.24) is 9.80 Å². The number of hydrogen-bond donors (Lipinski definition) is 0. The van der Waals surface area contributed by atoms with Crippen LogP contribution in [0.3, 0.4) is 0 Å². The normalized spacial score (nSPS) is 26.8. The minimum Gasteiger partial charge on any atom is -0.318 e. The lowest BCUT2D eigenvalue weighted by atomic mass is 10.1. The van der Waals surface area contributed by atoms with Crippen molar-refractivity contribution in [3.63, 3.8) is 0 Å². The predicted molar refractivity (Wildman–Crippen MR) is 51.6 cm³/mol. The van der Waals surface area contributed by atoms with Crippen molar-refractivity contribution in [2.45, 2.75) is 12.8 Å². The number of imide groups is 1. The first-order valence-electron chi connectivity index (χ1n) is 4.90. The van der Waals surface area contributed by atoms with E-state index >= 15 is 0 Å². The third kappa shape index (κ3) is 1.52. The molecule has 0 saturated carbocycles. The van der Waals surface area contributed by atoms with Crippen LogP contribution in [0.25, 0.3) is 0 Å². The summed E-state index contributed by atoms with van der Waals surface area (Å²) in [5.41, 5.74) is 0. The zero-order valence-electron chi connectivity index (χ0n) is 8.27. The van der Waals surface area contributed by atoms with Crippen LogP contribution in [0.2, 0.25) is 0 Å². The van der Waals surface area contributed by atoms with Crippen LogP contribution in [0.15, 0.2) is 12.2 Å². The number of carbonyl (C=O) groups is 2. The van der Waals surface area contributed by atoms with Gasteiger partial charge in [0.2, 0.25) is 5.91 Å². The molecular weight excluding hydrogens is 180 g/mol. The summed E-state index contributed by atoms with van der Waals surface area (Å²) in [5, 5.41) is 0. The maximum Gasteiger partial charge on any atom is 0.326 e.